The van der Waals surface area contributed by atoms with Gasteiger partial charge in [-0.3, -0.25) is 9.59 Å². The summed E-state index contributed by atoms with van der Waals surface area (Å²) in [6, 6.07) is 17.6. The first kappa shape index (κ1) is 17.6. The average Bonchev–Trinajstić information content (AvgIpc) is 3.43. The molecule has 4 aromatic rings. The minimum Gasteiger partial charge on any atom is -0.321 e. The van der Waals surface area contributed by atoms with E-state index in [4.69, 9.17) is 0 Å². The highest BCUT2D eigenvalue weighted by Gasteiger charge is 2.11. The Hall–Kier alpha value is -3.78. The van der Waals surface area contributed by atoms with Gasteiger partial charge in [-0.2, -0.15) is 5.10 Å². The SMILES string of the molecule is O=C(Nc1ccccc1-n1cncn1)c1ccc(NC(=O)c2cccs2)cc1. The Morgan fingerprint density at radius 2 is 1.71 bits per heavy atom. The Kier molecular flexibility index (Phi) is 4.94. The number of aromatic nitrogens is 3. The molecule has 8 heteroatoms. The normalized spacial score (nSPS) is 10.4. The van der Waals surface area contributed by atoms with Crippen molar-refractivity contribution in [3.05, 3.63) is 89.1 Å². The van der Waals surface area contributed by atoms with Crippen LogP contribution in [0.1, 0.15) is 20.0 Å². The Labute approximate surface area is 164 Å². The van der Waals surface area contributed by atoms with Gasteiger partial charge in [0.15, 0.2) is 0 Å². The summed E-state index contributed by atoms with van der Waals surface area (Å²) in [6.07, 6.45) is 3.00. The van der Waals surface area contributed by atoms with Crippen LogP contribution in [0, 0.1) is 0 Å². The van der Waals surface area contributed by atoms with E-state index in [2.05, 4.69) is 20.7 Å². The molecule has 0 atom stereocenters. The number of carbonyl (C=O) groups excluding carboxylic acids is 2. The molecular weight excluding hydrogens is 374 g/mol. The number of rotatable bonds is 5. The van der Waals surface area contributed by atoms with E-state index >= 15 is 0 Å². The molecule has 0 aliphatic rings. The fourth-order valence-electron chi connectivity index (χ4n) is 2.61. The summed E-state index contributed by atoms with van der Waals surface area (Å²) < 4.78 is 1.58. The fraction of sp³-hybridized carbons (Fsp3) is 0. The van der Waals surface area contributed by atoms with Crippen molar-refractivity contribution in [3.8, 4) is 5.69 Å². The monoisotopic (exact) mass is 389 g/mol. The van der Waals surface area contributed by atoms with Gasteiger partial charge in [-0.25, -0.2) is 9.67 Å². The van der Waals surface area contributed by atoms with E-state index in [-0.39, 0.29) is 11.8 Å². The number of benzene rings is 2. The van der Waals surface area contributed by atoms with Crippen molar-refractivity contribution in [2.75, 3.05) is 10.6 Å². The Balaban J connectivity index is 1.47. The predicted octanol–water partition coefficient (Wildman–Crippen LogP) is 3.83. The van der Waals surface area contributed by atoms with Crippen molar-refractivity contribution in [2.24, 2.45) is 0 Å². The largest absolute Gasteiger partial charge is 0.321 e. The van der Waals surface area contributed by atoms with Crippen LogP contribution in [-0.2, 0) is 0 Å². The van der Waals surface area contributed by atoms with Gasteiger partial charge in [0.2, 0.25) is 0 Å². The molecule has 28 heavy (non-hydrogen) atoms. The van der Waals surface area contributed by atoms with E-state index in [1.165, 1.54) is 17.7 Å². The number of carbonyl (C=O) groups is 2. The molecule has 7 nitrogen and oxygen atoms in total. The van der Waals surface area contributed by atoms with Crippen LogP contribution in [0.3, 0.4) is 0 Å². The smallest absolute Gasteiger partial charge is 0.265 e. The maximum Gasteiger partial charge on any atom is 0.265 e. The van der Waals surface area contributed by atoms with Gasteiger partial charge in [-0.15, -0.1) is 11.3 Å². The summed E-state index contributed by atoms with van der Waals surface area (Å²) >= 11 is 1.37. The minimum atomic E-state index is -0.260. The highest BCUT2D eigenvalue weighted by atomic mass is 32.1. The van der Waals surface area contributed by atoms with Crippen LogP contribution in [0.5, 0.6) is 0 Å². The van der Waals surface area contributed by atoms with Crippen LogP contribution in [0.15, 0.2) is 78.7 Å². The van der Waals surface area contributed by atoms with Crippen molar-refractivity contribution in [3.63, 3.8) is 0 Å². The van der Waals surface area contributed by atoms with Crippen LogP contribution in [-0.4, -0.2) is 26.6 Å². The Morgan fingerprint density at radius 1 is 0.893 bits per heavy atom. The summed E-state index contributed by atoms with van der Waals surface area (Å²) in [5, 5.41) is 11.6. The molecule has 2 amide bonds. The molecule has 0 unspecified atom stereocenters. The van der Waals surface area contributed by atoms with E-state index in [1.807, 2.05) is 29.6 Å². The lowest BCUT2D eigenvalue weighted by molar-refractivity contribution is 0.102. The second kappa shape index (κ2) is 7.85. The molecule has 0 saturated carbocycles. The standard InChI is InChI=1S/C20H15N5O2S/c26-19(24-16-4-1-2-5-17(16)25-13-21-12-22-25)14-7-9-15(10-8-14)23-20(27)18-6-3-11-28-18/h1-13H,(H,23,27)(H,24,26). The Morgan fingerprint density at radius 3 is 2.43 bits per heavy atom. The molecule has 0 bridgehead atoms. The van der Waals surface area contributed by atoms with Crippen molar-refractivity contribution in [2.45, 2.75) is 0 Å². The van der Waals surface area contributed by atoms with Crippen LogP contribution >= 0.6 is 11.3 Å². The van der Waals surface area contributed by atoms with E-state index < -0.39 is 0 Å². The van der Waals surface area contributed by atoms with Gasteiger partial charge >= 0.3 is 0 Å². The van der Waals surface area contributed by atoms with Gasteiger partial charge in [0.25, 0.3) is 11.8 Å². The first-order valence-electron chi connectivity index (χ1n) is 8.41. The fourth-order valence-corrected chi connectivity index (χ4v) is 3.23. The summed E-state index contributed by atoms with van der Waals surface area (Å²) in [7, 11) is 0. The number of hydrogen-bond acceptors (Lipinski definition) is 5. The number of amides is 2. The molecule has 0 radical (unpaired) electrons. The van der Waals surface area contributed by atoms with Gasteiger partial charge in [-0.05, 0) is 47.8 Å². The lowest BCUT2D eigenvalue weighted by atomic mass is 10.1. The quantitative estimate of drug-likeness (QED) is 0.543. The van der Waals surface area contributed by atoms with Gasteiger partial charge in [-0.1, -0.05) is 18.2 Å². The topological polar surface area (TPSA) is 88.9 Å². The number of thiophene rings is 1. The third-order valence-electron chi connectivity index (χ3n) is 3.97. The van der Waals surface area contributed by atoms with Gasteiger partial charge in [0.1, 0.15) is 12.7 Å². The van der Waals surface area contributed by atoms with E-state index in [1.54, 1.807) is 47.4 Å². The summed E-state index contributed by atoms with van der Waals surface area (Å²) in [4.78, 5) is 29.3. The van der Waals surface area contributed by atoms with Gasteiger partial charge in [0.05, 0.1) is 16.3 Å². The van der Waals surface area contributed by atoms with Crippen molar-refractivity contribution >= 4 is 34.5 Å². The Bertz CT molecular complexity index is 1090. The lowest BCUT2D eigenvalue weighted by Crippen LogP contribution is -2.14. The first-order valence-corrected chi connectivity index (χ1v) is 9.29. The zero-order valence-electron chi connectivity index (χ0n) is 14.6. The molecule has 138 valence electrons. The second-order valence-electron chi connectivity index (χ2n) is 5.82. The number of para-hydroxylation sites is 2. The molecule has 0 aliphatic carbocycles. The third-order valence-corrected chi connectivity index (χ3v) is 4.84. The molecule has 2 aromatic carbocycles. The van der Waals surface area contributed by atoms with Crippen LogP contribution in [0.2, 0.25) is 0 Å². The first-order chi connectivity index (χ1) is 13.7. The highest BCUT2D eigenvalue weighted by molar-refractivity contribution is 7.12. The van der Waals surface area contributed by atoms with Crippen LogP contribution < -0.4 is 10.6 Å². The molecule has 2 heterocycles. The molecule has 0 spiro atoms. The average molecular weight is 389 g/mol. The number of hydrogen-bond donors (Lipinski definition) is 2. The van der Waals surface area contributed by atoms with Crippen molar-refractivity contribution in [1.82, 2.24) is 14.8 Å². The van der Waals surface area contributed by atoms with Gasteiger partial charge < -0.3 is 10.6 Å². The molecular formula is C20H15N5O2S. The van der Waals surface area contributed by atoms with Crippen LogP contribution in [0.25, 0.3) is 5.69 Å². The van der Waals surface area contributed by atoms with Gasteiger partial charge in [0, 0.05) is 11.3 Å². The summed E-state index contributed by atoms with van der Waals surface area (Å²) in [5.74, 6) is -0.433. The maximum atomic E-state index is 12.6. The van der Waals surface area contributed by atoms with E-state index in [0.717, 1.165) is 0 Å². The third kappa shape index (κ3) is 3.81. The van der Waals surface area contributed by atoms with E-state index in [0.29, 0.717) is 27.5 Å². The number of anilines is 2. The number of nitrogens with one attached hydrogen (secondary N) is 2. The lowest BCUT2D eigenvalue weighted by Gasteiger charge is -2.11. The second-order valence-corrected chi connectivity index (χ2v) is 6.77. The minimum absolute atomic E-state index is 0.172. The molecule has 2 aromatic heterocycles. The zero-order valence-corrected chi connectivity index (χ0v) is 15.4. The van der Waals surface area contributed by atoms with Crippen LogP contribution in [0.4, 0.5) is 11.4 Å². The zero-order chi connectivity index (χ0) is 19.3. The molecule has 2 N–H and O–H groups in total. The van der Waals surface area contributed by atoms with Crippen molar-refractivity contribution in [1.29, 1.82) is 0 Å². The molecule has 0 saturated heterocycles. The summed E-state index contributed by atoms with van der Waals surface area (Å²) in [5.41, 5.74) is 2.43. The number of nitrogens with zero attached hydrogens (tertiary/aromatic N) is 3. The molecule has 0 aliphatic heterocycles. The summed E-state index contributed by atoms with van der Waals surface area (Å²) in [6.45, 7) is 0. The molecule has 0 fully saturated rings. The predicted molar refractivity (Wildman–Crippen MR) is 108 cm³/mol. The van der Waals surface area contributed by atoms with Crippen molar-refractivity contribution < 1.29 is 9.59 Å². The maximum absolute atomic E-state index is 12.6. The van der Waals surface area contributed by atoms with E-state index in [9.17, 15) is 9.59 Å². The highest BCUT2D eigenvalue weighted by Crippen LogP contribution is 2.20. The molecule has 4 rings (SSSR count).